The summed E-state index contributed by atoms with van der Waals surface area (Å²) in [7, 11) is 0. The Morgan fingerprint density at radius 3 is 2.86 bits per heavy atom. The SMILES string of the molecule is O=C(O)C=Cc1cccc(Cn2cc(F)c(=O)[nH]c2=O)c1. The maximum absolute atomic E-state index is 13.2. The van der Waals surface area contributed by atoms with Crippen LogP contribution in [0.25, 0.3) is 6.08 Å². The van der Waals surface area contributed by atoms with Crippen LogP contribution in [-0.4, -0.2) is 20.6 Å². The lowest BCUT2D eigenvalue weighted by Crippen LogP contribution is -2.31. The molecule has 0 aliphatic heterocycles. The summed E-state index contributed by atoms with van der Waals surface area (Å²) in [5.41, 5.74) is -0.480. The second-order valence-corrected chi connectivity index (χ2v) is 4.28. The van der Waals surface area contributed by atoms with Crippen LogP contribution in [0.1, 0.15) is 11.1 Å². The van der Waals surface area contributed by atoms with Gasteiger partial charge in [0.1, 0.15) is 0 Å². The fraction of sp³-hybridized carbons (Fsp3) is 0.0714. The van der Waals surface area contributed by atoms with Crippen LogP contribution in [0.2, 0.25) is 0 Å². The largest absolute Gasteiger partial charge is 0.478 e. The van der Waals surface area contributed by atoms with Crippen molar-refractivity contribution in [3.63, 3.8) is 0 Å². The molecule has 2 rings (SSSR count). The predicted octanol–water partition coefficient (Wildman–Crippen LogP) is 0.822. The molecular weight excluding hydrogens is 279 g/mol. The quantitative estimate of drug-likeness (QED) is 0.815. The van der Waals surface area contributed by atoms with Gasteiger partial charge in [-0.3, -0.25) is 14.3 Å². The number of carboxylic acids is 1. The maximum Gasteiger partial charge on any atom is 0.328 e. The second kappa shape index (κ2) is 6.00. The average molecular weight is 290 g/mol. The number of nitrogens with zero attached hydrogens (tertiary/aromatic N) is 1. The van der Waals surface area contributed by atoms with Crippen molar-refractivity contribution in [3.8, 4) is 0 Å². The van der Waals surface area contributed by atoms with Gasteiger partial charge in [-0.05, 0) is 23.3 Å². The van der Waals surface area contributed by atoms with Crippen molar-refractivity contribution >= 4 is 12.0 Å². The number of aromatic amines is 1. The van der Waals surface area contributed by atoms with Gasteiger partial charge < -0.3 is 5.11 Å². The number of aliphatic carboxylic acids is 1. The summed E-state index contributed by atoms with van der Waals surface area (Å²) >= 11 is 0. The number of H-pyrrole nitrogens is 1. The van der Waals surface area contributed by atoms with Crippen LogP contribution in [-0.2, 0) is 11.3 Å². The molecule has 0 aliphatic carbocycles. The van der Waals surface area contributed by atoms with E-state index in [1.807, 2.05) is 4.98 Å². The number of aromatic nitrogens is 2. The Balaban J connectivity index is 2.30. The number of rotatable bonds is 4. The van der Waals surface area contributed by atoms with Crippen LogP contribution in [0.5, 0.6) is 0 Å². The molecule has 1 heterocycles. The molecule has 0 saturated heterocycles. The third-order valence-electron chi connectivity index (χ3n) is 2.69. The highest BCUT2D eigenvalue weighted by molar-refractivity contribution is 5.85. The zero-order valence-corrected chi connectivity index (χ0v) is 10.7. The molecule has 0 amide bonds. The number of nitrogens with one attached hydrogen (secondary N) is 1. The lowest BCUT2D eigenvalue weighted by Gasteiger charge is -2.06. The first kappa shape index (κ1) is 14.4. The zero-order chi connectivity index (χ0) is 15.4. The van der Waals surface area contributed by atoms with Crippen LogP contribution in [0.15, 0.2) is 46.1 Å². The molecule has 0 saturated carbocycles. The van der Waals surface area contributed by atoms with E-state index in [9.17, 15) is 18.8 Å². The molecule has 0 unspecified atom stereocenters. The van der Waals surface area contributed by atoms with Crippen molar-refractivity contribution in [2.24, 2.45) is 0 Å². The van der Waals surface area contributed by atoms with Crippen molar-refractivity contribution in [1.29, 1.82) is 0 Å². The van der Waals surface area contributed by atoms with Crippen LogP contribution >= 0.6 is 0 Å². The molecule has 0 spiro atoms. The van der Waals surface area contributed by atoms with E-state index >= 15 is 0 Å². The van der Waals surface area contributed by atoms with Crippen molar-refractivity contribution in [2.75, 3.05) is 0 Å². The van der Waals surface area contributed by atoms with Crippen LogP contribution in [0, 0.1) is 5.82 Å². The van der Waals surface area contributed by atoms with Gasteiger partial charge >= 0.3 is 11.7 Å². The van der Waals surface area contributed by atoms with E-state index in [-0.39, 0.29) is 6.54 Å². The van der Waals surface area contributed by atoms with Gasteiger partial charge in [0.15, 0.2) is 0 Å². The highest BCUT2D eigenvalue weighted by Gasteiger charge is 2.04. The minimum atomic E-state index is -1.07. The summed E-state index contributed by atoms with van der Waals surface area (Å²) in [6.07, 6.45) is 3.23. The molecule has 1 aromatic heterocycles. The molecule has 0 fully saturated rings. The first-order valence-electron chi connectivity index (χ1n) is 5.95. The van der Waals surface area contributed by atoms with Gasteiger partial charge in [-0.15, -0.1) is 0 Å². The third-order valence-corrected chi connectivity index (χ3v) is 2.69. The lowest BCUT2D eigenvalue weighted by atomic mass is 10.1. The Hall–Kier alpha value is -2.96. The Kier molecular flexibility index (Phi) is 4.13. The van der Waals surface area contributed by atoms with Crippen LogP contribution in [0.3, 0.4) is 0 Å². The van der Waals surface area contributed by atoms with Crippen LogP contribution < -0.4 is 11.2 Å². The third kappa shape index (κ3) is 3.75. The van der Waals surface area contributed by atoms with Gasteiger partial charge in [0, 0.05) is 6.08 Å². The zero-order valence-electron chi connectivity index (χ0n) is 10.7. The first-order valence-corrected chi connectivity index (χ1v) is 5.95. The number of hydrogen-bond donors (Lipinski definition) is 2. The number of carbonyl (C=O) groups is 1. The van der Waals surface area contributed by atoms with E-state index in [0.717, 1.165) is 16.8 Å². The van der Waals surface area contributed by atoms with Gasteiger partial charge in [-0.1, -0.05) is 18.2 Å². The minimum Gasteiger partial charge on any atom is -0.478 e. The second-order valence-electron chi connectivity index (χ2n) is 4.28. The summed E-state index contributed by atoms with van der Waals surface area (Å²) in [4.78, 5) is 34.8. The summed E-state index contributed by atoms with van der Waals surface area (Å²) in [5, 5.41) is 8.56. The number of halogens is 1. The lowest BCUT2D eigenvalue weighted by molar-refractivity contribution is -0.131. The summed E-state index contributed by atoms with van der Waals surface area (Å²) < 4.78 is 14.2. The van der Waals surface area contributed by atoms with Crippen molar-refractivity contribution in [1.82, 2.24) is 9.55 Å². The highest BCUT2D eigenvalue weighted by Crippen LogP contribution is 2.08. The fourth-order valence-electron chi connectivity index (χ4n) is 1.76. The van der Waals surface area contributed by atoms with Crippen molar-refractivity contribution in [3.05, 3.63) is 74.3 Å². The van der Waals surface area contributed by atoms with Gasteiger partial charge in [0.05, 0.1) is 12.7 Å². The molecule has 1 aromatic carbocycles. The van der Waals surface area contributed by atoms with Crippen molar-refractivity contribution in [2.45, 2.75) is 6.54 Å². The van der Waals surface area contributed by atoms with E-state index in [0.29, 0.717) is 11.1 Å². The first-order chi connectivity index (χ1) is 9.95. The molecule has 21 heavy (non-hydrogen) atoms. The maximum atomic E-state index is 13.2. The smallest absolute Gasteiger partial charge is 0.328 e. The molecule has 0 aliphatic rings. The van der Waals surface area contributed by atoms with Gasteiger partial charge in [0.25, 0.3) is 5.56 Å². The van der Waals surface area contributed by atoms with Gasteiger partial charge in [-0.2, -0.15) is 4.39 Å². The Morgan fingerprint density at radius 1 is 1.38 bits per heavy atom. The van der Waals surface area contributed by atoms with E-state index in [4.69, 9.17) is 5.11 Å². The number of hydrogen-bond acceptors (Lipinski definition) is 3. The summed E-state index contributed by atoms with van der Waals surface area (Å²) in [5.74, 6) is -2.11. The molecule has 2 aromatic rings. The minimum absolute atomic E-state index is 0.0568. The molecular formula is C14H11FN2O4. The van der Waals surface area contributed by atoms with Crippen LogP contribution in [0.4, 0.5) is 4.39 Å². The fourth-order valence-corrected chi connectivity index (χ4v) is 1.76. The Bertz CT molecular complexity index is 820. The topological polar surface area (TPSA) is 92.2 Å². The highest BCUT2D eigenvalue weighted by atomic mass is 19.1. The molecule has 0 atom stereocenters. The number of carboxylic acid groups (broad SMARTS) is 1. The summed E-state index contributed by atoms with van der Waals surface area (Å²) in [6, 6.07) is 6.74. The average Bonchev–Trinajstić information content (AvgIpc) is 2.43. The Labute approximate surface area is 117 Å². The molecule has 0 radical (unpaired) electrons. The molecule has 108 valence electrons. The monoisotopic (exact) mass is 290 g/mol. The molecule has 0 bridgehead atoms. The Morgan fingerprint density at radius 2 is 2.14 bits per heavy atom. The standard InChI is InChI=1S/C14H11FN2O4/c15-11-8-17(14(21)16-13(11)20)7-10-3-1-2-9(6-10)4-5-12(18)19/h1-6,8H,7H2,(H,18,19)(H,16,20,21). The van der Waals surface area contributed by atoms with E-state index in [1.54, 1.807) is 24.3 Å². The molecule has 6 nitrogen and oxygen atoms in total. The van der Waals surface area contributed by atoms with E-state index in [1.165, 1.54) is 6.08 Å². The predicted molar refractivity (Wildman–Crippen MR) is 73.5 cm³/mol. The molecule has 7 heteroatoms. The summed E-state index contributed by atoms with van der Waals surface area (Å²) in [6.45, 7) is 0.0568. The van der Waals surface area contributed by atoms with Crippen molar-refractivity contribution < 1.29 is 14.3 Å². The number of benzene rings is 1. The molecule has 2 N–H and O–H groups in total. The normalized spacial score (nSPS) is 10.9. The van der Waals surface area contributed by atoms with Gasteiger partial charge in [-0.25, -0.2) is 9.59 Å². The van der Waals surface area contributed by atoms with Gasteiger partial charge in [0.2, 0.25) is 5.82 Å². The van der Waals surface area contributed by atoms with E-state index < -0.39 is 23.0 Å². The van der Waals surface area contributed by atoms with E-state index in [2.05, 4.69) is 0 Å².